The van der Waals surface area contributed by atoms with E-state index in [0.717, 1.165) is 31.4 Å². The lowest BCUT2D eigenvalue weighted by Gasteiger charge is -2.30. The quantitative estimate of drug-likeness (QED) is 0.929. The van der Waals surface area contributed by atoms with Crippen LogP contribution >= 0.6 is 0 Å². The largest absolute Gasteiger partial charge is 0.481 e. The zero-order valence-corrected chi connectivity index (χ0v) is 13.2. The van der Waals surface area contributed by atoms with Gasteiger partial charge in [0, 0.05) is 23.0 Å². The fraction of sp³-hybridized carbons (Fsp3) is 0.688. The van der Waals surface area contributed by atoms with Crippen molar-refractivity contribution in [3.8, 4) is 0 Å². The molecule has 5 nitrogen and oxygen atoms in total. The second kappa shape index (κ2) is 6.00. The molecule has 0 bridgehead atoms. The topological polar surface area (TPSA) is 72.2 Å². The number of hydrogen-bond acceptors (Lipinski definition) is 3. The standard InChI is InChI=1S/C16H24N2O3/c1-9-5-7-13(8-6-9)18-12(4)14(10(2)15(19)20)11(3)17-16(18)21/h9-10,13H,5-8H2,1-4H3,(H,19,20). The Morgan fingerprint density at radius 3 is 2.38 bits per heavy atom. The van der Waals surface area contributed by atoms with Crippen LogP contribution in [-0.4, -0.2) is 20.6 Å². The molecule has 1 atom stereocenters. The van der Waals surface area contributed by atoms with Crippen molar-refractivity contribution in [2.45, 2.75) is 65.3 Å². The zero-order chi connectivity index (χ0) is 15.7. The second-order valence-electron chi connectivity index (χ2n) is 6.32. The molecule has 0 saturated heterocycles. The van der Waals surface area contributed by atoms with Crippen molar-refractivity contribution in [1.82, 2.24) is 9.55 Å². The Hall–Kier alpha value is -1.65. The number of rotatable bonds is 3. The molecule has 0 amide bonds. The lowest BCUT2D eigenvalue weighted by Crippen LogP contribution is -2.33. The molecule has 0 aromatic carbocycles. The summed E-state index contributed by atoms with van der Waals surface area (Å²) in [4.78, 5) is 27.7. The average Bonchev–Trinajstić information content (AvgIpc) is 2.40. The molecule has 0 spiro atoms. The van der Waals surface area contributed by atoms with Gasteiger partial charge in [0.2, 0.25) is 0 Å². The van der Waals surface area contributed by atoms with Crippen LogP contribution in [0.25, 0.3) is 0 Å². The third-order valence-corrected chi connectivity index (χ3v) is 4.76. The van der Waals surface area contributed by atoms with Crippen molar-refractivity contribution >= 4 is 5.97 Å². The minimum atomic E-state index is -0.884. The van der Waals surface area contributed by atoms with Crippen molar-refractivity contribution in [2.24, 2.45) is 5.92 Å². The zero-order valence-electron chi connectivity index (χ0n) is 13.2. The first-order valence-electron chi connectivity index (χ1n) is 7.65. The molecule has 1 aliphatic rings. The number of carboxylic acids is 1. The fourth-order valence-electron chi connectivity index (χ4n) is 3.47. The number of aliphatic carboxylic acids is 1. The van der Waals surface area contributed by atoms with Gasteiger partial charge in [-0.1, -0.05) is 6.92 Å². The van der Waals surface area contributed by atoms with Gasteiger partial charge in [-0.15, -0.1) is 0 Å². The van der Waals surface area contributed by atoms with Crippen molar-refractivity contribution in [3.63, 3.8) is 0 Å². The summed E-state index contributed by atoms with van der Waals surface area (Å²) < 4.78 is 1.73. The van der Waals surface area contributed by atoms with Crippen LogP contribution in [0.2, 0.25) is 0 Å². The van der Waals surface area contributed by atoms with Gasteiger partial charge in [0.15, 0.2) is 0 Å². The molecule has 1 fully saturated rings. The first-order chi connectivity index (χ1) is 9.82. The summed E-state index contributed by atoms with van der Waals surface area (Å²) in [6, 6.07) is 0.154. The van der Waals surface area contributed by atoms with Gasteiger partial charge in [-0.3, -0.25) is 9.36 Å². The number of aryl methyl sites for hydroxylation is 1. The smallest absolute Gasteiger partial charge is 0.348 e. The highest BCUT2D eigenvalue weighted by atomic mass is 16.4. The van der Waals surface area contributed by atoms with Gasteiger partial charge < -0.3 is 5.11 Å². The Labute approximate surface area is 125 Å². The molecule has 1 saturated carbocycles. The summed E-state index contributed by atoms with van der Waals surface area (Å²) in [5.74, 6) is -0.828. The van der Waals surface area contributed by atoms with Crippen molar-refractivity contribution in [2.75, 3.05) is 0 Å². The second-order valence-corrected chi connectivity index (χ2v) is 6.32. The van der Waals surface area contributed by atoms with E-state index >= 15 is 0 Å². The minimum Gasteiger partial charge on any atom is -0.481 e. The number of nitrogens with zero attached hydrogens (tertiary/aromatic N) is 2. The molecule has 1 aromatic rings. The molecule has 116 valence electrons. The maximum atomic E-state index is 12.3. The number of aromatic nitrogens is 2. The fourth-order valence-corrected chi connectivity index (χ4v) is 3.47. The van der Waals surface area contributed by atoms with E-state index in [1.54, 1.807) is 18.4 Å². The SMILES string of the molecule is Cc1nc(=O)n(C2CCC(C)CC2)c(C)c1C(C)C(=O)O. The van der Waals surface area contributed by atoms with Crippen LogP contribution in [0.4, 0.5) is 0 Å². The maximum absolute atomic E-state index is 12.3. The molecule has 0 radical (unpaired) electrons. The van der Waals surface area contributed by atoms with Crippen molar-refractivity contribution in [3.05, 3.63) is 27.4 Å². The van der Waals surface area contributed by atoms with Gasteiger partial charge in [-0.05, 0) is 52.4 Å². The Morgan fingerprint density at radius 2 is 1.86 bits per heavy atom. The van der Waals surface area contributed by atoms with Gasteiger partial charge in [-0.25, -0.2) is 4.79 Å². The summed E-state index contributed by atoms with van der Waals surface area (Å²) in [7, 11) is 0. The third kappa shape index (κ3) is 3.01. The number of carbonyl (C=O) groups is 1. The molecular formula is C16H24N2O3. The highest BCUT2D eigenvalue weighted by Gasteiger charge is 2.27. The third-order valence-electron chi connectivity index (χ3n) is 4.76. The number of hydrogen-bond donors (Lipinski definition) is 1. The van der Waals surface area contributed by atoms with Crippen molar-refractivity contribution in [1.29, 1.82) is 0 Å². The van der Waals surface area contributed by atoms with E-state index in [2.05, 4.69) is 11.9 Å². The van der Waals surface area contributed by atoms with Gasteiger partial charge >= 0.3 is 11.7 Å². The highest BCUT2D eigenvalue weighted by molar-refractivity contribution is 5.76. The van der Waals surface area contributed by atoms with E-state index < -0.39 is 11.9 Å². The van der Waals surface area contributed by atoms with E-state index in [0.29, 0.717) is 17.2 Å². The first kappa shape index (κ1) is 15.7. The van der Waals surface area contributed by atoms with E-state index in [1.807, 2.05) is 6.92 Å². The molecule has 1 unspecified atom stereocenters. The highest BCUT2D eigenvalue weighted by Crippen LogP contribution is 2.33. The molecule has 1 N–H and O–H groups in total. The molecule has 1 aliphatic carbocycles. The van der Waals surface area contributed by atoms with Gasteiger partial charge in [-0.2, -0.15) is 4.98 Å². The Kier molecular flexibility index (Phi) is 4.49. The van der Waals surface area contributed by atoms with Crippen LogP contribution in [0.15, 0.2) is 4.79 Å². The van der Waals surface area contributed by atoms with E-state index in [1.165, 1.54) is 0 Å². The van der Waals surface area contributed by atoms with Gasteiger partial charge in [0.25, 0.3) is 0 Å². The Morgan fingerprint density at radius 1 is 1.29 bits per heavy atom. The Balaban J connectivity index is 2.49. The lowest BCUT2D eigenvalue weighted by molar-refractivity contribution is -0.138. The van der Waals surface area contributed by atoms with Gasteiger partial charge in [0.05, 0.1) is 5.92 Å². The van der Waals surface area contributed by atoms with Gasteiger partial charge in [0.1, 0.15) is 0 Å². The van der Waals surface area contributed by atoms with Crippen LogP contribution in [0, 0.1) is 19.8 Å². The normalized spacial score (nSPS) is 23.8. The van der Waals surface area contributed by atoms with Crippen molar-refractivity contribution < 1.29 is 9.90 Å². The van der Waals surface area contributed by atoms with E-state index in [9.17, 15) is 14.7 Å². The van der Waals surface area contributed by atoms with Crippen LogP contribution in [0.3, 0.4) is 0 Å². The first-order valence-corrected chi connectivity index (χ1v) is 7.65. The van der Waals surface area contributed by atoms with Crippen LogP contribution in [0.5, 0.6) is 0 Å². The summed E-state index contributed by atoms with van der Waals surface area (Å²) in [5, 5.41) is 9.27. The maximum Gasteiger partial charge on any atom is 0.348 e. The summed E-state index contributed by atoms with van der Waals surface area (Å²) in [6.45, 7) is 7.45. The minimum absolute atomic E-state index is 0.154. The van der Waals surface area contributed by atoms with Crippen LogP contribution in [-0.2, 0) is 4.79 Å². The predicted octanol–water partition coefficient (Wildman–Crippen LogP) is 2.80. The number of carboxylic acid groups (broad SMARTS) is 1. The van der Waals surface area contributed by atoms with E-state index in [4.69, 9.17) is 0 Å². The lowest BCUT2D eigenvalue weighted by atomic mass is 9.86. The molecule has 5 heteroatoms. The van der Waals surface area contributed by atoms with Crippen LogP contribution in [0.1, 0.15) is 68.4 Å². The molecule has 2 rings (SSSR count). The average molecular weight is 292 g/mol. The predicted molar refractivity (Wildman–Crippen MR) is 80.7 cm³/mol. The van der Waals surface area contributed by atoms with E-state index in [-0.39, 0.29) is 11.7 Å². The summed E-state index contributed by atoms with van der Waals surface area (Å²) in [5.41, 5.74) is 1.74. The Bertz CT molecular complexity index is 598. The molecule has 21 heavy (non-hydrogen) atoms. The molecular weight excluding hydrogens is 268 g/mol. The molecule has 0 aliphatic heterocycles. The molecule has 1 aromatic heterocycles. The summed E-state index contributed by atoms with van der Waals surface area (Å²) >= 11 is 0. The molecule has 1 heterocycles. The monoisotopic (exact) mass is 292 g/mol. The van der Waals surface area contributed by atoms with Crippen LogP contribution < -0.4 is 5.69 Å². The summed E-state index contributed by atoms with van der Waals surface area (Å²) in [6.07, 6.45) is 4.14.